The van der Waals surface area contributed by atoms with Gasteiger partial charge in [0, 0.05) is 12.3 Å². The Bertz CT molecular complexity index is 806. The second kappa shape index (κ2) is 6.42. The molecule has 3 saturated carbocycles. The molecule has 4 aliphatic rings. The molecular weight excluding hydrogens is 392 g/mol. The van der Waals surface area contributed by atoms with E-state index in [1.165, 1.54) is 0 Å². The zero-order valence-corrected chi connectivity index (χ0v) is 19.2. The Kier molecular flexibility index (Phi) is 4.78. The standard InChI is InChI=1S/C22H36O6S/c1-19(2)14-8-11-21(4)15(6-7-16(21)22(5)13-10-18(23)27-22)20(14,3)12-9-17(19)28-29(24,25)26/h14-17H,6-13H2,1-5H3,(H,24,25,26)/t14?,15?,16?,17-,20-,21+,22?/m0/s1. The average molecular weight is 429 g/mol. The van der Waals surface area contributed by atoms with E-state index in [0.717, 1.165) is 38.5 Å². The first-order valence-electron chi connectivity index (χ1n) is 11.1. The van der Waals surface area contributed by atoms with Gasteiger partial charge in [0.15, 0.2) is 0 Å². The van der Waals surface area contributed by atoms with Gasteiger partial charge in [-0.2, -0.15) is 8.42 Å². The third kappa shape index (κ3) is 3.18. The van der Waals surface area contributed by atoms with Gasteiger partial charge in [0.2, 0.25) is 0 Å². The van der Waals surface area contributed by atoms with Gasteiger partial charge >= 0.3 is 16.4 Å². The van der Waals surface area contributed by atoms with Crippen molar-refractivity contribution < 1.29 is 26.7 Å². The fraction of sp³-hybridized carbons (Fsp3) is 0.955. The lowest BCUT2D eigenvalue weighted by atomic mass is 9.42. The summed E-state index contributed by atoms with van der Waals surface area (Å²) in [5, 5.41) is 0. The Labute approximate surface area is 175 Å². The van der Waals surface area contributed by atoms with Crippen LogP contribution in [0.25, 0.3) is 0 Å². The molecule has 1 heterocycles. The molecule has 3 aliphatic carbocycles. The molecule has 0 aromatic heterocycles. The van der Waals surface area contributed by atoms with Gasteiger partial charge in [-0.25, -0.2) is 4.18 Å². The molecule has 0 spiro atoms. The molecule has 0 aromatic rings. The van der Waals surface area contributed by atoms with Crippen molar-refractivity contribution in [2.45, 2.75) is 97.7 Å². The predicted octanol–water partition coefficient (Wildman–Crippen LogP) is 4.54. The quantitative estimate of drug-likeness (QED) is 0.524. The number of esters is 1. The molecule has 4 fully saturated rings. The van der Waals surface area contributed by atoms with Crippen molar-refractivity contribution in [3.63, 3.8) is 0 Å². The van der Waals surface area contributed by atoms with E-state index in [1.807, 2.05) is 0 Å². The third-order valence-electron chi connectivity index (χ3n) is 9.72. The van der Waals surface area contributed by atoms with Crippen molar-refractivity contribution in [3.05, 3.63) is 0 Å². The highest BCUT2D eigenvalue weighted by Gasteiger charge is 2.67. The van der Waals surface area contributed by atoms with Crippen LogP contribution in [0.5, 0.6) is 0 Å². The number of rotatable bonds is 3. The fourth-order valence-corrected chi connectivity index (χ4v) is 9.22. The highest BCUT2D eigenvalue weighted by atomic mass is 32.3. The van der Waals surface area contributed by atoms with Gasteiger partial charge in [-0.15, -0.1) is 0 Å². The minimum Gasteiger partial charge on any atom is -0.459 e. The van der Waals surface area contributed by atoms with Gasteiger partial charge in [0.25, 0.3) is 0 Å². The molecule has 0 amide bonds. The number of carbonyl (C=O) groups is 1. The summed E-state index contributed by atoms with van der Waals surface area (Å²) >= 11 is 0. The lowest BCUT2D eigenvalue weighted by molar-refractivity contribution is -0.181. The molecule has 4 rings (SSSR count). The van der Waals surface area contributed by atoms with Gasteiger partial charge in [0.05, 0.1) is 6.10 Å². The van der Waals surface area contributed by atoms with Crippen LogP contribution >= 0.6 is 0 Å². The molecule has 1 N–H and O–H groups in total. The molecule has 0 bridgehead atoms. The van der Waals surface area contributed by atoms with Crippen molar-refractivity contribution in [1.29, 1.82) is 0 Å². The van der Waals surface area contributed by atoms with Crippen molar-refractivity contribution >= 4 is 16.4 Å². The lowest BCUT2D eigenvalue weighted by Gasteiger charge is -2.63. The summed E-state index contributed by atoms with van der Waals surface area (Å²) in [7, 11) is -4.46. The van der Waals surface area contributed by atoms with E-state index < -0.39 is 16.5 Å². The summed E-state index contributed by atoms with van der Waals surface area (Å²) in [5.41, 5.74) is -0.489. The Morgan fingerprint density at radius 3 is 2.07 bits per heavy atom. The summed E-state index contributed by atoms with van der Waals surface area (Å²) in [6.07, 6.45) is 6.63. The molecule has 4 unspecified atom stereocenters. The SMILES string of the molecule is CC1(C2CCC3[C@@]2(C)CCC2C(C)(C)[C@@H](OS(=O)(=O)O)CC[C@@]23C)CCC(=O)O1. The third-order valence-corrected chi connectivity index (χ3v) is 10.2. The Balaban J connectivity index is 1.63. The highest BCUT2D eigenvalue weighted by Crippen LogP contribution is 2.71. The molecule has 166 valence electrons. The molecule has 0 radical (unpaired) electrons. The molecule has 7 heteroatoms. The van der Waals surface area contributed by atoms with Crippen molar-refractivity contribution in [2.24, 2.45) is 34.0 Å². The Morgan fingerprint density at radius 2 is 1.48 bits per heavy atom. The van der Waals surface area contributed by atoms with Crippen LogP contribution in [0.3, 0.4) is 0 Å². The van der Waals surface area contributed by atoms with E-state index >= 15 is 0 Å². The maximum absolute atomic E-state index is 11.9. The van der Waals surface area contributed by atoms with Crippen LogP contribution in [0.2, 0.25) is 0 Å². The van der Waals surface area contributed by atoms with E-state index in [4.69, 9.17) is 8.92 Å². The summed E-state index contributed by atoms with van der Waals surface area (Å²) < 4.78 is 43.1. The van der Waals surface area contributed by atoms with Crippen LogP contribution in [0.4, 0.5) is 0 Å². The monoisotopic (exact) mass is 428 g/mol. The molecular formula is C22H36O6S. The van der Waals surface area contributed by atoms with Crippen LogP contribution in [0, 0.1) is 34.0 Å². The predicted molar refractivity (Wildman–Crippen MR) is 108 cm³/mol. The van der Waals surface area contributed by atoms with E-state index in [2.05, 4.69) is 34.6 Å². The normalized spacial score (nSPS) is 49.4. The molecule has 7 atom stereocenters. The van der Waals surface area contributed by atoms with E-state index in [9.17, 15) is 17.8 Å². The average Bonchev–Trinajstić information content (AvgIpc) is 3.10. The largest absolute Gasteiger partial charge is 0.459 e. The summed E-state index contributed by atoms with van der Waals surface area (Å²) in [5.74, 6) is 1.15. The number of hydrogen-bond donors (Lipinski definition) is 1. The van der Waals surface area contributed by atoms with Crippen LogP contribution in [0.1, 0.15) is 86.0 Å². The second-order valence-electron chi connectivity index (χ2n) is 11.4. The summed E-state index contributed by atoms with van der Waals surface area (Å²) in [6, 6.07) is 0. The lowest BCUT2D eigenvalue weighted by Crippen LogP contribution is -2.59. The van der Waals surface area contributed by atoms with Gasteiger partial charge in [0.1, 0.15) is 5.60 Å². The van der Waals surface area contributed by atoms with E-state index in [0.29, 0.717) is 30.6 Å². The smallest absolute Gasteiger partial charge is 0.397 e. The van der Waals surface area contributed by atoms with Crippen LogP contribution in [-0.2, 0) is 24.1 Å². The second-order valence-corrected chi connectivity index (χ2v) is 12.5. The zero-order chi connectivity index (χ0) is 21.5. The highest BCUT2D eigenvalue weighted by molar-refractivity contribution is 7.80. The maximum atomic E-state index is 11.9. The minimum atomic E-state index is -4.46. The Hall–Kier alpha value is -0.660. The number of fused-ring (bicyclic) bond motifs is 3. The number of cyclic esters (lactones) is 1. The van der Waals surface area contributed by atoms with Gasteiger partial charge in [-0.1, -0.05) is 27.7 Å². The van der Waals surface area contributed by atoms with Crippen molar-refractivity contribution in [2.75, 3.05) is 0 Å². The van der Waals surface area contributed by atoms with Crippen LogP contribution in [0.15, 0.2) is 0 Å². The van der Waals surface area contributed by atoms with Gasteiger partial charge < -0.3 is 4.74 Å². The first kappa shape index (κ1) is 21.6. The van der Waals surface area contributed by atoms with E-state index in [-0.39, 0.29) is 27.8 Å². The topological polar surface area (TPSA) is 89.9 Å². The van der Waals surface area contributed by atoms with Crippen LogP contribution in [-0.4, -0.2) is 30.6 Å². The van der Waals surface area contributed by atoms with Crippen molar-refractivity contribution in [1.82, 2.24) is 0 Å². The van der Waals surface area contributed by atoms with Gasteiger partial charge in [-0.05, 0) is 80.0 Å². The molecule has 0 aromatic carbocycles. The molecule has 1 aliphatic heterocycles. The van der Waals surface area contributed by atoms with Crippen molar-refractivity contribution in [3.8, 4) is 0 Å². The first-order chi connectivity index (χ1) is 13.2. The maximum Gasteiger partial charge on any atom is 0.397 e. The molecule has 6 nitrogen and oxygen atoms in total. The number of hydrogen-bond acceptors (Lipinski definition) is 5. The molecule has 29 heavy (non-hydrogen) atoms. The molecule has 1 saturated heterocycles. The minimum absolute atomic E-state index is 0.0662. The summed E-state index contributed by atoms with van der Waals surface area (Å²) in [4.78, 5) is 11.9. The van der Waals surface area contributed by atoms with Gasteiger partial charge in [-0.3, -0.25) is 9.35 Å². The first-order valence-corrected chi connectivity index (χ1v) is 12.5. The van der Waals surface area contributed by atoms with E-state index in [1.54, 1.807) is 0 Å². The fourth-order valence-electron chi connectivity index (χ4n) is 8.58. The number of carbonyl (C=O) groups excluding carboxylic acids is 1. The number of ether oxygens (including phenoxy) is 1. The zero-order valence-electron chi connectivity index (χ0n) is 18.4. The Morgan fingerprint density at radius 1 is 0.897 bits per heavy atom. The van der Waals surface area contributed by atoms with Crippen LogP contribution < -0.4 is 0 Å². The summed E-state index contributed by atoms with van der Waals surface area (Å²) in [6.45, 7) is 11.1.